The molecular weight excluding hydrogens is 326 g/mol. The second kappa shape index (κ2) is 7.19. The fraction of sp³-hybridized carbons (Fsp3) is 0.647. The second-order valence-electron chi connectivity index (χ2n) is 6.80. The van der Waals surface area contributed by atoms with Crippen LogP contribution in [0.25, 0.3) is 0 Å². The van der Waals surface area contributed by atoms with E-state index >= 15 is 0 Å². The van der Waals surface area contributed by atoms with E-state index in [1.807, 2.05) is 13.8 Å². The van der Waals surface area contributed by atoms with Crippen molar-refractivity contribution in [2.24, 2.45) is 0 Å². The number of carbonyl (C=O) groups excluding carboxylic acids is 1. The summed E-state index contributed by atoms with van der Waals surface area (Å²) in [6.07, 6.45) is 1.13. The van der Waals surface area contributed by atoms with Crippen molar-refractivity contribution in [2.45, 2.75) is 38.9 Å². The van der Waals surface area contributed by atoms with Gasteiger partial charge in [0.15, 0.2) is 0 Å². The Kier molecular flexibility index (Phi) is 5.21. The molecule has 0 spiro atoms. The molecule has 24 heavy (non-hydrogen) atoms. The number of amides is 1. The molecule has 0 aliphatic carbocycles. The number of anilines is 1. The zero-order valence-electron chi connectivity index (χ0n) is 14.2. The zero-order valence-corrected chi connectivity index (χ0v) is 15.0. The zero-order chi connectivity index (χ0) is 17.2. The quantitative estimate of drug-likeness (QED) is 0.901. The van der Waals surface area contributed by atoms with Gasteiger partial charge in [0.2, 0.25) is 5.91 Å². The second-order valence-corrected chi connectivity index (χ2v) is 7.90. The van der Waals surface area contributed by atoms with Gasteiger partial charge in [-0.25, -0.2) is 0 Å². The standard InChI is InChI=1S/C17H23N3O3S/c1-17(2)9-12-13(10-18)16(24-14(12)11-23-17)19-15(21)3-4-20-5-7-22-8-6-20/h3-9,11H2,1-2H3,(H,19,21). The number of hydrogen-bond acceptors (Lipinski definition) is 6. The van der Waals surface area contributed by atoms with Gasteiger partial charge in [0, 0.05) is 37.4 Å². The Morgan fingerprint density at radius 2 is 2.17 bits per heavy atom. The first kappa shape index (κ1) is 17.4. The topological polar surface area (TPSA) is 74.6 Å². The molecule has 1 saturated heterocycles. The summed E-state index contributed by atoms with van der Waals surface area (Å²) in [6, 6.07) is 2.27. The number of morpholine rings is 1. The highest BCUT2D eigenvalue weighted by Gasteiger charge is 2.31. The summed E-state index contributed by atoms with van der Waals surface area (Å²) in [4.78, 5) is 15.5. The number of nitriles is 1. The smallest absolute Gasteiger partial charge is 0.226 e. The number of rotatable bonds is 4. The Hall–Kier alpha value is -1.46. The number of nitrogens with zero attached hydrogens (tertiary/aromatic N) is 2. The molecule has 6 nitrogen and oxygen atoms in total. The maximum atomic E-state index is 12.3. The van der Waals surface area contributed by atoms with E-state index in [4.69, 9.17) is 9.47 Å². The summed E-state index contributed by atoms with van der Waals surface area (Å²) in [5, 5.41) is 13.1. The number of fused-ring (bicyclic) bond motifs is 1. The van der Waals surface area contributed by atoms with Gasteiger partial charge in [0.25, 0.3) is 0 Å². The molecule has 2 aliphatic rings. The summed E-state index contributed by atoms with van der Waals surface area (Å²) >= 11 is 1.46. The minimum Gasteiger partial charge on any atom is -0.379 e. The van der Waals surface area contributed by atoms with Gasteiger partial charge in [-0.1, -0.05) is 0 Å². The predicted molar refractivity (Wildman–Crippen MR) is 92.1 cm³/mol. The van der Waals surface area contributed by atoms with Crippen LogP contribution < -0.4 is 5.32 Å². The van der Waals surface area contributed by atoms with Crippen LogP contribution in [-0.4, -0.2) is 49.3 Å². The number of ether oxygens (including phenoxy) is 2. The average molecular weight is 349 g/mol. The monoisotopic (exact) mass is 349 g/mol. The highest BCUT2D eigenvalue weighted by atomic mass is 32.1. The first-order valence-electron chi connectivity index (χ1n) is 8.27. The Morgan fingerprint density at radius 3 is 2.88 bits per heavy atom. The molecular formula is C17H23N3O3S. The highest BCUT2D eigenvalue weighted by molar-refractivity contribution is 7.16. The van der Waals surface area contributed by atoms with E-state index in [1.165, 1.54) is 11.3 Å². The molecule has 0 saturated carbocycles. The summed E-state index contributed by atoms with van der Waals surface area (Å²) in [5.41, 5.74) is 1.37. The van der Waals surface area contributed by atoms with Crippen molar-refractivity contribution in [3.63, 3.8) is 0 Å². The average Bonchev–Trinajstić information content (AvgIpc) is 2.89. The van der Waals surface area contributed by atoms with Crippen LogP contribution in [0.5, 0.6) is 0 Å². The Bertz CT molecular complexity index is 657. The number of thiophene rings is 1. The Morgan fingerprint density at radius 1 is 1.42 bits per heavy atom. The van der Waals surface area contributed by atoms with Gasteiger partial charge < -0.3 is 14.8 Å². The molecule has 130 valence electrons. The summed E-state index contributed by atoms with van der Waals surface area (Å²) in [5.74, 6) is -0.0447. The van der Waals surface area contributed by atoms with E-state index in [9.17, 15) is 10.1 Å². The SMILES string of the molecule is CC1(C)Cc2c(sc(NC(=O)CCN3CCOCC3)c2C#N)CO1. The van der Waals surface area contributed by atoms with Gasteiger partial charge >= 0.3 is 0 Å². The molecule has 1 fully saturated rings. The van der Waals surface area contributed by atoms with E-state index in [1.54, 1.807) is 0 Å². The van der Waals surface area contributed by atoms with Crippen LogP contribution in [0.2, 0.25) is 0 Å². The van der Waals surface area contributed by atoms with Gasteiger partial charge in [-0.3, -0.25) is 9.69 Å². The van der Waals surface area contributed by atoms with Crippen LogP contribution in [0, 0.1) is 11.3 Å². The highest BCUT2D eigenvalue weighted by Crippen LogP contribution is 2.39. The van der Waals surface area contributed by atoms with Crippen molar-refractivity contribution in [2.75, 3.05) is 38.2 Å². The summed E-state index contributed by atoms with van der Waals surface area (Å²) < 4.78 is 11.1. The lowest BCUT2D eigenvalue weighted by Gasteiger charge is -2.29. The van der Waals surface area contributed by atoms with E-state index < -0.39 is 0 Å². The molecule has 0 atom stereocenters. The summed E-state index contributed by atoms with van der Waals surface area (Å²) in [7, 11) is 0. The van der Waals surface area contributed by atoms with Crippen LogP contribution in [-0.2, 0) is 27.3 Å². The third-order valence-corrected chi connectivity index (χ3v) is 5.53. The van der Waals surface area contributed by atoms with Gasteiger partial charge in [-0.15, -0.1) is 11.3 Å². The molecule has 0 unspecified atom stereocenters. The van der Waals surface area contributed by atoms with Crippen LogP contribution in [0.4, 0.5) is 5.00 Å². The van der Waals surface area contributed by atoms with E-state index in [-0.39, 0.29) is 11.5 Å². The minimum atomic E-state index is -0.267. The molecule has 1 aromatic rings. The number of hydrogen-bond donors (Lipinski definition) is 1. The maximum Gasteiger partial charge on any atom is 0.226 e. The Balaban J connectivity index is 1.64. The third-order valence-electron chi connectivity index (χ3n) is 4.41. The fourth-order valence-corrected chi connectivity index (χ4v) is 4.13. The lowest BCUT2D eigenvalue weighted by atomic mass is 9.93. The van der Waals surface area contributed by atoms with E-state index in [0.717, 1.165) is 43.3 Å². The molecule has 1 amide bonds. The van der Waals surface area contributed by atoms with Gasteiger partial charge in [0.05, 0.1) is 31.0 Å². The largest absolute Gasteiger partial charge is 0.379 e. The van der Waals surface area contributed by atoms with Crippen LogP contribution in [0.1, 0.15) is 36.3 Å². The third kappa shape index (κ3) is 3.95. The van der Waals surface area contributed by atoms with Crippen molar-refractivity contribution in [1.82, 2.24) is 4.90 Å². The van der Waals surface area contributed by atoms with Crippen molar-refractivity contribution in [1.29, 1.82) is 5.26 Å². The first-order chi connectivity index (χ1) is 11.5. The molecule has 0 radical (unpaired) electrons. The molecule has 2 aliphatic heterocycles. The minimum absolute atomic E-state index is 0.0447. The number of nitrogens with one attached hydrogen (secondary N) is 1. The summed E-state index contributed by atoms with van der Waals surface area (Å²) in [6.45, 7) is 8.47. The van der Waals surface area contributed by atoms with E-state index in [2.05, 4.69) is 16.3 Å². The van der Waals surface area contributed by atoms with Gasteiger partial charge in [0.1, 0.15) is 11.1 Å². The van der Waals surface area contributed by atoms with Crippen molar-refractivity contribution in [3.05, 3.63) is 16.0 Å². The molecule has 0 aromatic carbocycles. The van der Waals surface area contributed by atoms with Crippen LogP contribution in [0.15, 0.2) is 0 Å². The lowest BCUT2D eigenvalue weighted by Crippen LogP contribution is -2.38. The van der Waals surface area contributed by atoms with Gasteiger partial charge in [-0.2, -0.15) is 5.26 Å². The fourth-order valence-electron chi connectivity index (χ4n) is 3.03. The van der Waals surface area contributed by atoms with Gasteiger partial charge in [-0.05, 0) is 19.4 Å². The van der Waals surface area contributed by atoms with Crippen LogP contribution in [0.3, 0.4) is 0 Å². The number of carbonyl (C=O) groups is 1. The van der Waals surface area contributed by atoms with Crippen molar-refractivity contribution >= 4 is 22.2 Å². The normalized spacial score (nSPS) is 20.2. The molecule has 7 heteroatoms. The molecule has 1 N–H and O–H groups in total. The maximum absolute atomic E-state index is 12.3. The molecule has 0 bridgehead atoms. The van der Waals surface area contributed by atoms with Crippen LogP contribution >= 0.6 is 11.3 Å². The molecule has 1 aromatic heterocycles. The molecule has 3 rings (SSSR count). The van der Waals surface area contributed by atoms with E-state index in [0.29, 0.717) is 30.0 Å². The predicted octanol–water partition coefficient (Wildman–Crippen LogP) is 2.13. The lowest BCUT2D eigenvalue weighted by molar-refractivity contribution is -0.116. The van der Waals surface area contributed by atoms with Crippen molar-refractivity contribution in [3.8, 4) is 6.07 Å². The first-order valence-corrected chi connectivity index (χ1v) is 9.09. The molecule has 3 heterocycles. The Labute approximate surface area is 146 Å². The van der Waals surface area contributed by atoms with Crippen molar-refractivity contribution < 1.29 is 14.3 Å².